The van der Waals surface area contributed by atoms with E-state index in [1.807, 2.05) is 6.07 Å². The van der Waals surface area contributed by atoms with Crippen LogP contribution in [0, 0.1) is 0 Å². The first-order chi connectivity index (χ1) is 10.1. The van der Waals surface area contributed by atoms with Gasteiger partial charge < -0.3 is 15.1 Å². The Kier molecular flexibility index (Phi) is 6.34. The molecule has 2 rings (SSSR count). The van der Waals surface area contributed by atoms with Crippen molar-refractivity contribution in [2.24, 2.45) is 0 Å². The van der Waals surface area contributed by atoms with E-state index < -0.39 is 0 Å². The van der Waals surface area contributed by atoms with E-state index in [1.54, 1.807) is 0 Å². The van der Waals surface area contributed by atoms with Crippen LogP contribution in [0.2, 0.25) is 5.02 Å². The fourth-order valence-electron chi connectivity index (χ4n) is 3.09. The van der Waals surface area contributed by atoms with Crippen molar-refractivity contribution >= 4 is 17.3 Å². The molecule has 1 atom stereocenters. The van der Waals surface area contributed by atoms with Gasteiger partial charge in [-0.25, -0.2) is 0 Å². The Labute approximate surface area is 134 Å². The summed E-state index contributed by atoms with van der Waals surface area (Å²) in [7, 11) is 4.43. The van der Waals surface area contributed by atoms with Crippen molar-refractivity contribution in [3.8, 4) is 0 Å². The largest absolute Gasteiger partial charge is 0.373 e. The van der Waals surface area contributed by atoms with Crippen LogP contribution in [-0.4, -0.2) is 44.7 Å². The number of nitrogens with zero attached hydrogens (tertiary/aromatic N) is 2. The average Bonchev–Trinajstić information content (AvgIpc) is 2.84. The molecule has 0 aliphatic carbocycles. The van der Waals surface area contributed by atoms with Gasteiger partial charge in [-0.3, -0.25) is 0 Å². The summed E-state index contributed by atoms with van der Waals surface area (Å²) in [5.74, 6) is 0. The molecule has 4 heteroatoms. The van der Waals surface area contributed by atoms with Crippen LogP contribution in [0.1, 0.15) is 31.7 Å². The number of rotatable bonds is 7. The van der Waals surface area contributed by atoms with Crippen molar-refractivity contribution in [1.29, 1.82) is 0 Å². The van der Waals surface area contributed by atoms with Crippen LogP contribution in [0.25, 0.3) is 0 Å². The van der Waals surface area contributed by atoms with E-state index >= 15 is 0 Å². The van der Waals surface area contributed by atoms with E-state index in [-0.39, 0.29) is 0 Å². The molecule has 1 saturated heterocycles. The molecule has 1 aliphatic heterocycles. The van der Waals surface area contributed by atoms with E-state index in [0.29, 0.717) is 6.04 Å². The molecule has 0 amide bonds. The zero-order valence-electron chi connectivity index (χ0n) is 13.5. The molecular weight excluding hydrogens is 282 g/mol. The van der Waals surface area contributed by atoms with Crippen molar-refractivity contribution in [1.82, 2.24) is 10.2 Å². The first-order valence-electron chi connectivity index (χ1n) is 8.02. The number of likely N-dealkylation sites (tertiary alicyclic amines) is 1. The average molecular weight is 310 g/mol. The van der Waals surface area contributed by atoms with Gasteiger partial charge in [0.15, 0.2) is 0 Å². The Morgan fingerprint density at radius 3 is 2.90 bits per heavy atom. The zero-order valence-corrected chi connectivity index (χ0v) is 14.3. The molecule has 118 valence electrons. The summed E-state index contributed by atoms with van der Waals surface area (Å²) in [5, 5.41) is 4.30. The maximum Gasteiger partial charge on any atom is 0.0410 e. The number of likely N-dealkylation sites (N-methyl/N-ethyl adjacent to an activating group) is 2. The van der Waals surface area contributed by atoms with Crippen LogP contribution < -0.4 is 10.2 Å². The smallest absolute Gasteiger partial charge is 0.0410 e. The van der Waals surface area contributed by atoms with E-state index in [9.17, 15) is 0 Å². The van der Waals surface area contributed by atoms with E-state index in [2.05, 4.69) is 48.3 Å². The maximum atomic E-state index is 6.17. The minimum Gasteiger partial charge on any atom is -0.373 e. The van der Waals surface area contributed by atoms with Crippen molar-refractivity contribution in [2.75, 3.05) is 38.6 Å². The molecule has 1 aromatic rings. The summed E-state index contributed by atoms with van der Waals surface area (Å²) in [6, 6.07) is 6.91. The van der Waals surface area contributed by atoms with Gasteiger partial charge in [0, 0.05) is 36.9 Å². The molecule has 0 bridgehead atoms. The van der Waals surface area contributed by atoms with Gasteiger partial charge in [0.25, 0.3) is 0 Å². The number of hydrogen-bond acceptors (Lipinski definition) is 3. The van der Waals surface area contributed by atoms with Gasteiger partial charge in [0.1, 0.15) is 0 Å². The summed E-state index contributed by atoms with van der Waals surface area (Å²) >= 11 is 6.17. The van der Waals surface area contributed by atoms with Crippen LogP contribution in [0.4, 0.5) is 5.69 Å². The highest BCUT2D eigenvalue weighted by Gasteiger charge is 2.22. The molecule has 1 aliphatic rings. The van der Waals surface area contributed by atoms with Crippen LogP contribution in [0.5, 0.6) is 0 Å². The first kappa shape index (κ1) is 16.6. The molecule has 1 fully saturated rings. The van der Waals surface area contributed by atoms with Crippen molar-refractivity contribution in [3.05, 3.63) is 28.8 Å². The summed E-state index contributed by atoms with van der Waals surface area (Å²) < 4.78 is 0. The third-order valence-corrected chi connectivity index (χ3v) is 4.59. The Morgan fingerprint density at radius 1 is 1.43 bits per heavy atom. The fourth-order valence-corrected chi connectivity index (χ4v) is 3.29. The minimum atomic E-state index is 0.669. The normalized spacial score (nSPS) is 19.1. The second-order valence-electron chi connectivity index (χ2n) is 6.11. The monoisotopic (exact) mass is 309 g/mol. The van der Waals surface area contributed by atoms with E-state index in [1.165, 1.54) is 30.6 Å². The van der Waals surface area contributed by atoms with Crippen molar-refractivity contribution in [3.63, 3.8) is 0 Å². The molecule has 1 unspecified atom stereocenters. The standard InChI is InChI=1S/C17H28ClN3/c1-4-9-19-12-14-11-15(18)7-8-17(14)21(3)13-16-6-5-10-20(16)2/h7-8,11,16,19H,4-6,9-10,12-13H2,1-3H3. The molecule has 0 spiro atoms. The van der Waals surface area contributed by atoms with Gasteiger partial charge in [-0.2, -0.15) is 0 Å². The highest BCUT2D eigenvalue weighted by molar-refractivity contribution is 6.30. The van der Waals surface area contributed by atoms with Crippen LogP contribution in [-0.2, 0) is 6.54 Å². The number of hydrogen-bond donors (Lipinski definition) is 1. The molecule has 3 nitrogen and oxygen atoms in total. The molecule has 1 aromatic carbocycles. The third-order valence-electron chi connectivity index (χ3n) is 4.35. The summed E-state index contributed by atoms with van der Waals surface area (Å²) in [6.07, 6.45) is 3.77. The van der Waals surface area contributed by atoms with Gasteiger partial charge in [0.2, 0.25) is 0 Å². The number of benzene rings is 1. The predicted octanol–water partition coefficient (Wildman–Crippen LogP) is 3.37. The summed E-state index contributed by atoms with van der Waals surface area (Å²) in [4.78, 5) is 4.85. The Hall–Kier alpha value is -0.770. The Balaban J connectivity index is 2.05. The quantitative estimate of drug-likeness (QED) is 0.779. The second-order valence-corrected chi connectivity index (χ2v) is 6.54. The summed E-state index contributed by atoms with van der Waals surface area (Å²) in [5.41, 5.74) is 2.59. The van der Waals surface area contributed by atoms with Gasteiger partial charge in [0.05, 0.1) is 0 Å². The highest BCUT2D eigenvalue weighted by Crippen LogP contribution is 2.25. The Morgan fingerprint density at radius 2 is 2.24 bits per heavy atom. The van der Waals surface area contributed by atoms with Gasteiger partial charge in [-0.15, -0.1) is 0 Å². The minimum absolute atomic E-state index is 0.669. The fraction of sp³-hybridized carbons (Fsp3) is 0.647. The predicted molar refractivity (Wildman–Crippen MR) is 92.4 cm³/mol. The van der Waals surface area contributed by atoms with Gasteiger partial charge in [-0.05, 0) is 63.2 Å². The van der Waals surface area contributed by atoms with Crippen molar-refractivity contribution in [2.45, 2.75) is 38.8 Å². The van der Waals surface area contributed by atoms with Gasteiger partial charge in [-0.1, -0.05) is 18.5 Å². The Bertz CT molecular complexity index is 450. The van der Waals surface area contributed by atoms with Crippen LogP contribution >= 0.6 is 11.6 Å². The first-order valence-corrected chi connectivity index (χ1v) is 8.40. The molecule has 1 heterocycles. The van der Waals surface area contributed by atoms with Crippen LogP contribution in [0.3, 0.4) is 0 Å². The summed E-state index contributed by atoms with van der Waals surface area (Å²) in [6.45, 7) is 6.42. The molecule has 1 N–H and O–H groups in total. The lowest BCUT2D eigenvalue weighted by Crippen LogP contribution is -2.37. The lowest BCUT2D eigenvalue weighted by Gasteiger charge is -2.29. The molecule has 0 aromatic heterocycles. The SMILES string of the molecule is CCCNCc1cc(Cl)ccc1N(C)CC1CCCN1C. The molecular formula is C17H28ClN3. The zero-order chi connectivity index (χ0) is 15.2. The molecule has 0 saturated carbocycles. The number of nitrogens with one attached hydrogen (secondary N) is 1. The van der Waals surface area contributed by atoms with Gasteiger partial charge >= 0.3 is 0 Å². The number of anilines is 1. The van der Waals surface area contributed by atoms with Crippen molar-refractivity contribution < 1.29 is 0 Å². The lowest BCUT2D eigenvalue weighted by molar-refractivity contribution is 0.314. The number of halogens is 1. The highest BCUT2D eigenvalue weighted by atomic mass is 35.5. The van der Waals surface area contributed by atoms with E-state index in [0.717, 1.165) is 31.1 Å². The maximum absolute atomic E-state index is 6.17. The second kappa shape index (κ2) is 8.02. The molecule has 21 heavy (non-hydrogen) atoms. The van der Waals surface area contributed by atoms with Crippen LogP contribution in [0.15, 0.2) is 18.2 Å². The topological polar surface area (TPSA) is 18.5 Å². The molecule has 0 radical (unpaired) electrons. The van der Waals surface area contributed by atoms with E-state index in [4.69, 9.17) is 11.6 Å². The lowest BCUT2D eigenvalue weighted by atomic mass is 10.1. The third kappa shape index (κ3) is 4.60.